The predicted octanol–water partition coefficient (Wildman–Crippen LogP) is 3.81. The van der Waals surface area contributed by atoms with Gasteiger partial charge in [0.1, 0.15) is 5.75 Å². The van der Waals surface area contributed by atoms with E-state index >= 15 is 0 Å². The highest BCUT2D eigenvalue weighted by atomic mass is 32.1. The van der Waals surface area contributed by atoms with Crippen LogP contribution in [-0.4, -0.2) is 41.6 Å². The number of carbonyl (C=O) groups excluding carboxylic acids is 2. The summed E-state index contributed by atoms with van der Waals surface area (Å²) in [7, 11) is 1.59. The predicted molar refractivity (Wildman–Crippen MR) is 113 cm³/mol. The number of benzene rings is 1. The molecule has 4 rings (SSSR count). The first-order chi connectivity index (χ1) is 14.1. The van der Waals surface area contributed by atoms with Gasteiger partial charge < -0.3 is 20.3 Å². The number of urea groups is 2. The molecule has 0 bridgehead atoms. The second kappa shape index (κ2) is 8.69. The maximum absolute atomic E-state index is 12.6. The van der Waals surface area contributed by atoms with E-state index in [1.54, 1.807) is 18.1 Å². The van der Waals surface area contributed by atoms with Crippen molar-refractivity contribution in [3.63, 3.8) is 0 Å². The highest BCUT2D eigenvalue weighted by molar-refractivity contribution is 7.15. The number of nitrogens with one attached hydrogen (secondary N) is 3. The molecule has 2 heterocycles. The van der Waals surface area contributed by atoms with Gasteiger partial charge in [0.05, 0.1) is 19.3 Å². The number of ether oxygens (including phenoxy) is 1. The Labute approximate surface area is 173 Å². The van der Waals surface area contributed by atoms with Crippen LogP contribution in [0.15, 0.2) is 24.3 Å². The van der Waals surface area contributed by atoms with Gasteiger partial charge >= 0.3 is 12.1 Å². The number of carbonyl (C=O) groups is 2. The van der Waals surface area contributed by atoms with Gasteiger partial charge in [-0.25, -0.2) is 14.6 Å². The van der Waals surface area contributed by atoms with E-state index in [4.69, 9.17) is 4.74 Å². The van der Waals surface area contributed by atoms with Gasteiger partial charge in [-0.15, -0.1) is 0 Å². The minimum Gasteiger partial charge on any atom is -0.497 e. The SMILES string of the molecule is COc1cccc(NC(=O)N2CCc3nc(NC(=O)NC4CCCC4)sc3C2)c1. The van der Waals surface area contributed by atoms with Gasteiger partial charge in [-0.2, -0.15) is 0 Å². The van der Waals surface area contributed by atoms with Crippen LogP contribution in [0, 0.1) is 0 Å². The van der Waals surface area contributed by atoms with Gasteiger partial charge in [0.2, 0.25) is 0 Å². The fourth-order valence-electron chi connectivity index (χ4n) is 3.71. The van der Waals surface area contributed by atoms with Crippen molar-refractivity contribution < 1.29 is 14.3 Å². The van der Waals surface area contributed by atoms with Gasteiger partial charge in [0.15, 0.2) is 5.13 Å². The molecular formula is C20H25N5O3S. The Morgan fingerprint density at radius 2 is 2.07 bits per heavy atom. The topological polar surface area (TPSA) is 95.6 Å². The Hall–Kier alpha value is -2.81. The lowest BCUT2D eigenvalue weighted by Gasteiger charge is -2.26. The average Bonchev–Trinajstić information content (AvgIpc) is 3.36. The van der Waals surface area contributed by atoms with Crippen LogP contribution in [0.5, 0.6) is 5.75 Å². The van der Waals surface area contributed by atoms with E-state index in [2.05, 4.69) is 20.9 Å². The number of anilines is 2. The van der Waals surface area contributed by atoms with Crippen LogP contribution in [0.25, 0.3) is 0 Å². The molecule has 0 spiro atoms. The number of hydrogen-bond donors (Lipinski definition) is 3. The summed E-state index contributed by atoms with van der Waals surface area (Å²) >= 11 is 1.43. The average molecular weight is 416 g/mol. The van der Waals surface area contributed by atoms with Crippen molar-refractivity contribution in [1.82, 2.24) is 15.2 Å². The van der Waals surface area contributed by atoms with E-state index in [9.17, 15) is 9.59 Å². The van der Waals surface area contributed by atoms with E-state index in [0.29, 0.717) is 36.1 Å². The van der Waals surface area contributed by atoms with Crippen molar-refractivity contribution >= 4 is 34.2 Å². The molecule has 0 atom stereocenters. The minimum absolute atomic E-state index is 0.161. The van der Waals surface area contributed by atoms with Gasteiger partial charge in [0, 0.05) is 35.6 Å². The third kappa shape index (κ3) is 4.79. The second-order valence-electron chi connectivity index (χ2n) is 7.30. The van der Waals surface area contributed by atoms with Crippen LogP contribution in [0.2, 0.25) is 0 Å². The molecular weight excluding hydrogens is 390 g/mol. The molecule has 8 nitrogen and oxygen atoms in total. The van der Waals surface area contributed by atoms with Crippen LogP contribution >= 0.6 is 11.3 Å². The normalized spacial score (nSPS) is 16.2. The molecule has 0 unspecified atom stereocenters. The van der Waals surface area contributed by atoms with E-state index in [-0.39, 0.29) is 18.1 Å². The molecule has 4 amide bonds. The van der Waals surface area contributed by atoms with Crippen LogP contribution in [-0.2, 0) is 13.0 Å². The van der Waals surface area contributed by atoms with E-state index in [1.807, 2.05) is 18.2 Å². The highest BCUT2D eigenvalue weighted by Gasteiger charge is 2.25. The monoisotopic (exact) mass is 415 g/mol. The standard InChI is InChI=1S/C20H25N5O3S/c1-28-15-8-4-7-14(11-15)22-20(27)25-10-9-16-17(12-25)29-19(23-16)24-18(26)21-13-5-2-3-6-13/h4,7-8,11,13H,2-3,5-6,9-10,12H2,1H3,(H,22,27)(H2,21,23,24,26). The number of thiazole rings is 1. The summed E-state index contributed by atoms with van der Waals surface area (Å²) in [6, 6.07) is 7.18. The van der Waals surface area contributed by atoms with Crippen molar-refractivity contribution in [1.29, 1.82) is 0 Å². The van der Waals surface area contributed by atoms with Gasteiger partial charge in [-0.1, -0.05) is 30.2 Å². The first-order valence-corrected chi connectivity index (χ1v) is 10.7. The van der Waals surface area contributed by atoms with E-state index in [0.717, 1.165) is 23.4 Å². The largest absolute Gasteiger partial charge is 0.497 e. The molecule has 1 aromatic heterocycles. The summed E-state index contributed by atoms with van der Waals surface area (Å²) in [5.74, 6) is 0.692. The van der Waals surface area contributed by atoms with Crippen molar-refractivity contribution in [2.75, 3.05) is 24.3 Å². The van der Waals surface area contributed by atoms with Crippen LogP contribution in [0.1, 0.15) is 36.3 Å². The Morgan fingerprint density at radius 1 is 1.24 bits per heavy atom. The maximum Gasteiger partial charge on any atom is 0.322 e. The fourth-order valence-corrected chi connectivity index (χ4v) is 4.73. The number of nitrogens with zero attached hydrogens (tertiary/aromatic N) is 2. The number of hydrogen-bond acceptors (Lipinski definition) is 5. The molecule has 2 aromatic rings. The lowest BCUT2D eigenvalue weighted by molar-refractivity contribution is 0.207. The highest BCUT2D eigenvalue weighted by Crippen LogP contribution is 2.29. The summed E-state index contributed by atoms with van der Waals surface area (Å²) in [5, 5.41) is 9.34. The zero-order valence-electron chi connectivity index (χ0n) is 16.4. The Balaban J connectivity index is 1.34. The van der Waals surface area contributed by atoms with Gasteiger partial charge in [0.25, 0.3) is 0 Å². The molecule has 1 saturated carbocycles. The van der Waals surface area contributed by atoms with Gasteiger partial charge in [-0.05, 0) is 25.0 Å². The molecule has 29 heavy (non-hydrogen) atoms. The molecule has 1 aliphatic heterocycles. The van der Waals surface area contributed by atoms with E-state index < -0.39 is 0 Å². The molecule has 9 heteroatoms. The summed E-state index contributed by atoms with van der Waals surface area (Å²) in [6.45, 7) is 1.06. The Kier molecular flexibility index (Phi) is 5.84. The zero-order valence-corrected chi connectivity index (χ0v) is 17.2. The van der Waals surface area contributed by atoms with Crippen LogP contribution in [0.3, 0.4) is 0 Å². The summed E-state index contributed by atoms with van der Waals surface area (Å²) < 4.78 is 5.19. The molecule has 3 N–H and O–H groups in total. The van der Waals surface area contributed by atoms with Crippen molar-refractivity contribution in [2.24, 2.45) is 0 Å². The quantitative estimate of drug-likeness (QED) is 0.708. The number of rotatable bonds is 4. The number of aromatic nitrogens is 1. The summed E-state index contributed by atoms with van der Waals surface area (Å²) in [4.78, 5) is 32.1. The molecule has 1 fully saturated rings. The van der Waals surface area contributed by atoms with Gasteiger partial charge in [-0.3, -0.25) is 5.32 Å². The fraction of sp³-hybridized carbons (Fsp3) is 0.450. The third-order valence-electron chi connectivity index (χ3n) is 5.25. The molecule has 0 saturated heterocycles. The van der Waals surface area contributed by atoms with Crippen molar-refractivity contribution in [3.05, 3.63) is 34.8 Å². The van der Waals surface area contributed by atoms with Crippen molar-refractivity contribution in [2.45, 2.75) is 44.7 Å². The first-order valence-electron chi connectivity index (χ1n) is 9.87. The smallest absolute Gasteiger partial charge is 0.322 e. The van der Waals surface area contributed by atoms with Crippen LogP contribution < -0.4 is 20.7 Å². The summed E-state index contributed by atoms with van der Waals surface area (Å²) in [6.07, 6.45) is 5.09. The maximum atomic E-state index is 12.6. The third-order valence-corrected chi connectivity index (χ3v) is 6.25. The molecule has 1 aliphatic carbocycles. The van der Waals surface area contributed by atoms with Crippen molar-refractivity contribution in [3.8, 4) is 5.75 Å². The molecule has 2 aliphatic rings. The number of fused-ring (bicyclic) bond motifs is 1. The number of amides is 4. The molecule has 1 aromatic carbocycles. The Morgan fingerprint density at radius 3 is 2.86 bits per heavy atom. The first kappa shape index (κ1) is 19.5. The minimum atomic E-state index is -0.198. The molecule has 154 valence electrons. The zero-order chi connectivity index (χ0) is 20.2. The van der Waals surface area contributed by atoms with E-state index in [1.165, 1.54) is 24.2 Å². The van der Waals surface area contributed by atoms with Crippen LogP contribution in [0.4, 0.5) is 20.4 Å². The lowest BCUT2D eigenvalue weighted by atomic mass is 10.2. The lowest BCUT2D eigenvalue weighted by Crippen LogP contribution is -2.38. The molecule has 0 radical (unpaired) electrons. The summed E-state index contributed by atoms with van der Waals surface area (Å²) in [5.41, 5.74) is 1.65. The Bertz CT molecular complexity index is 894. The number of methoxy groups -OCH3 is 1. The second-order valence-corrected chi connectivity index (χ2v) is 8.39.